The molecule has 186 valence electrons. The summed E-state index contributed by atoms with van der Waals surface area (Å²) in [5.74, 6) is 1.32. The van der Waals surface area contributed by atoms with Crippen molar-refractivity contribution in [2.75, 3.05) is 44.2 Å². The number of nitrogens with zero attached hydrogens (tertiary/aromatic N) is 3. The Bertz CT molecular complexity index is 1050. The largest absolute Gasteiger partial charge is 0.368 e. The van der Waals surface area contributed by atoms with E-state index in [0.717, 1.165) is 64.8 Å². The zero-order valence-corrected chi connectivity index (χ0v) is 20.9. The summed E-state index contributed by atoms with van der Waals surface area (Å²) in [5.41, 5.74) is 1.35. The molecule has 0 N–H and O–H groups in total. The molecule has 2 aliphatic carbocycles. The van der Waals surface area contributed by atoms with Gasteiger partial charge in [-0.25, -0.2) is 0 Å². The van der Waals surface area contributed by atoms with Crippen molar-refractivity contribution in [2.45, 2.75) is 51.4 Å². The topological polar surface area (TPSA) is 43.9 Å². The molecule has 35 heavy (non-hydrogen) atoms. The molecule has 0 bridgehead atoms. The minimum absolute atomic E-state index is 0.0135. The lowest BCUT2D eigenvalue weighted by atomic mass is 9.78. The number of piperazine rings is 1. The van der Waals surface area contributed by atoms with Crippen LogP contribution in [0, 0.1) is 23.7 Å². The van der Waals surface area contributed by atoms with Crippen molar-refractivity contribution in [3.63, 3.8) is 0 Å². The Balaban J connectivity index is 1.08. The van der Waals surface area contributed by atoms with Gasteiger partial charge in [0.15, 0.2) is 0 Å². The van der Waals surface area contributed by atoms with Crippen LogP contribution in [-0.2, 0) is 9.59 Å². The second-order valence-electron chi connectivity index (χ2n) is 11.4. The van der Waals surface area contributed by atoms with Crippen molar-refractivity contribution in [3.05, 3.63) is 42.5 Å². The first-order valence-corrected chi connectivity index (χ1v) is 14.0. The Hall–Kier alpha value is -2.40. The van der Waals surface area contributed by atoms with Gasteiger partial charge < -0.3 is 4.90 Å². The number of fused-ring (bicyclic) bond motifs is 2. The van der Waals surface area contributed by atoms with Crippen molar-refractivity contribution in [3.8, 4) is 0 Å². The number of rotatable bonds is 5. The highest BCUT2D eigenvalue weighted by molar-refractivity contribution is 6.05. The van der Waals surface area contributed by atoms with E-state index >= 15 is 0 Å². The number of amides is 2. The van der Waals surface area contributed by atoms with Gasteiger partial charge in [0.2, 0.25) is 11.8 Å². The molecule has 2 aliphatic heterocycles. The summed E-state index contributed by atoms with van der Waals surface area (Å²) in [6, 6.07) is 15.3. The number of benzene rings is 2. The molecule has 0 aromatic heterocycles. The number of likely N-dealkylation sites (tertiary alicyclic amines) is 1. The van der Waals surface area contributed by atoms with Crippen LogP contribution in [0.3, 0.4) is 0 Å². The third-order valence-electron chi connectivity index (χ3n) is 9.39. The van der Waals surface area contributed by atoms with E-state index in [-0.39, 0.29) is 23.7 Å². The lowest BCUT2D eigenvalue weighted by molar-refractivity contribution is -0.141. The molecule has 4 aliphatic rings. The van der Waals surface area contributed by atoms with E-state index in [9.17, 15) is 9.59 Å². The average molecular weight is 474 g/mol. The Morgan fingerprint density at radius 2 is 1.26 bits per heavy atom. The second-order valence-corrected chi connectivity index (χ2v) is 11.4. The summed E-state index contributed by atoms with van der Waals surface area (Å²) in [4.78, 5) is 33.0. The maximum atomic E-state index is 13.1. The number of anilines is 1. The van der Waals surface area contributed by atoms with Gasteiger partial charge in [-0.3, -0.25) is 19.4 Å². The summed E-state index contributed by atoms with van der Waals surface area (Å²) in [5, 5.41) is 2.65. The standard InChI is InChI=1S/C30H39N3O2/c34-29-26-13-5-6-14-27(26)30(35)33(29)21-24-10-2-1-9-23(24)20-31-16-18-32(19-17-31)28-15-7-11-22-8-3-4-12-25(22)28/h3-4,7-8,11-12,15,23-24,26-27H,1-2,5-6,9-10,13-14,16-21H2. The van der Waals surface area contributed by atoms with Crippen LogP contribution in [0.1, 0.15) is 51.4 Å². The number of carbonyl (C=O) groups excluding carboxylic acids is 2. The Kier molecular flexibility index (Phi) is 6.53. The first-order chi connectivity index (χ1) is 17.2. The summed E-state index contributed by atoms with van der Waals surface area (Å²) < 4.78 is 0. The van der Waals surface area contributed by atoms with Crippen molar-refractivity contribution < 1.29 is 9.59 Å². The monoisotopic (exact) mass is 473 g/mol. The number of hydrogen-bond acceptors (Lipinski definition) is 4. The molecule has 4 fully saturated rings. The Labute approximate surface area is 209 Å². The zero-order valence-electron chi connectivity index (χ0n) is 20.9. The number of hydrogen-bond donors (Lipinski definition) is 0. The fourth-order valence-corrected chi connectivity index (χ4v) is 7.40. The minimum atomic E-state index is -0.0135. The van der Waals surface area contributed by atoms with E-state index < -0.39 is 0 Å². The van der Waals surface area contributed by atoms with Crippen LogP contribution in [0.5, 0.6) is 0 Å². The van der Waals surface area contributed by atoms with E-state index in [4.69, 9.17) is 0 Å². The number of imide groups is 1. The first kappa shape index (κ1) is 23.0. The molecule has 4 atom stereocenters. The maximum absolute atomic E-state index is 13.1. The lowest BCUT2D eigenvalue weighted by Gasteiger charge is -2.41. The second kappa shape index (κ2) is 9.93. The van der Waals surface area contributed by atoms with E-state index in [2.05, 4.69) is 52.3 Å². The van der Waals surface area contributed by atoms with E-state index in [1.54, 1.807) is 4.90 Å². The number of carbonyl (C=O) groups is 2. The first-order valence-electron chi connectivity index (χ1n) is 14.0. The predicted octanol–water partition coefficient (Wildman–Crippen LogP) is 4.94. The van der Waals surface area contributed by atoms with Gasteiger partial charge in [0.25, 0.3) is 0 Å². The highest BCUT2D eigenvalue weighted by atomic mass is 16.2. The SMILES string of the molecule is O=C1C2CCCCC2C(=O)N1CC1CCCCC1CN1CCN(c2cccc3ccccc23)CC1. The van der Waals surface area contributed by atoms with Crippen LogP contribution < -0.4 is 4.90 Å². The molecule has 5 heteroatoms. The summed E-state index contributed by atoms with van der Waals surface area (Å²) >= 11 is 0. The molecule has 2 aromatic rings. The van der Waals surface area contributed by atoms with E-state index in [1.165, 1.54) is 35.7 Å². The third-order valence-corrected chi connectivity index (χ3v) is 9.39. The van der Waals surface area contributed by atoms with Crippen LogP contribution in [0.2, 0.25) is 0 Å². The Morgan fingerprint density at radius 3 is 1.97 bits per heavy atom. The van der Waals surface area contributed by atoms with E-state index in [1.807, 2.05) is 0 Å². The van der Waals surface area contributed by atoms with Crippen molar-refractivity contribution in [1.29, 1.82) is 0 Å². The van der Waals surface area contributed by atoms with Crippen LogP contribution in [0.15, 0.2) is 42.5 Å². The van der Waals surface area contributed by atoms with Gasteiger partial charge >= 0.3 is 0 Å². The molecule has 0 radical (unpaired) electrons. The summed E-state index contributed by atoms with van der Waals surface area (Å²) in [6.07, 6.45) is 8.95. The molecule has 0 spiro atoms. The smallest absolute Gasteiger partial charge is 0.233 e. The van der Waals surface area contributed by atoms with Crippen molar-refractivity contribution in [2.24, 2.45) is 23.7 Å². The normalized spacial score (nSPS) is 30.2. The van der Waals surface area contributed by atoms with Gasteiger partial charge in [-0.05, 0) is 49.0 Å². The lowest BCUT2D eigenvalue weighted by Crippen LogP contribution is -2.49. The van der Waals surface area contributed by atoms with Gasteiger partial charge in [-0.15, -0.1) is 0 Å². The Morgan fingerprint density at radius 1 is 0.657 bits per heavy atom. The molecular weight excluding hydrogens is 434 g/mol. The highest BCUT2D eigenvalue weighted by Gasteiger charge is 2.49. The van der Waals surface area contributed by atoms with Crippen LogP contribution in [0.4, 0.5) is 5.69 Å². The maximum Gasteiger partial charge on any atom is 0.233 e. The predicted molar refractivity (Wildman–Crippen MR) is 140 cm³/mol. The molecular formula is C30H39N3O2. The summed E-state index contributed by atoms with van der Waals surface area (Å²) in [7, 11) is 0. The van der Waals surface area contributed by atoms with E-state index in [0.29, 0.717) is 18.4 Å². The molecule has 2 amide bonds. The van der Waals surface area contributed by atoms with Crippen LogP contribution >= 0.6 is 0 Å². The molecule has 6 rings (SSSR count). The molecule has 2 saturated heterocycles. The highest BCUT2D eigenvalue weighted by Crippen LogP contribution is 2.40. The molecule has 2 heterocycles. The quantitative estimate of drug-likeness (QED) is 0.577. The van der Waals surface area contributed by atoms with Crippen molar-refractivity contribution >= 4 is 28.3 Å². The zero-order chi connectivity index (χ0) is 23.8. The van der Waals surface area contributed by atoms with Crippen LogP contribution in [-0.4, -0.2) is 60.9 Å². The molecule has 2 saturated carbocycles. The third kappa shape index (κ3) is 4.48. The van der Waals surface area contributed by atoms with Gasteiger partial charge in [0, 0.05) is 50.3 Å². The fraction of sp³-hybridized carbons (Fsp3) is 0.600. The summed E-state index contributed by atoms with van der Waals surface area (Å²) in [6.45, 7) is 6.05. The van der Waals surface area contributed by atoms with Gasteiger partial charge in [0.05, 0.1) is 11.8 Å². The minimum Gasteiger partial charge on any atom is -0.368 e. The molecule has 4 unspecified atom stereocenters. The van der Waals surface area contributed by atoms with Gasteiger partial charge in [-0.1, -0.05) is 62.1 Å². The molecule has 2 aromatic carbocycles. The van der Waals surface area contributed by atoms with Crippen LogP contribution in [0.25, 0.3) is 10.8 Å². The van der Waals surface area contributed by atoms with Gasteiger partial charge in [-0.2, -0.15) is 0 Å². The average Bonchev–Trinajstić information content (AvgIpc) is 3.15. The fourth-order valence-electron chi connectivity index (χ4n) is 7.40. The van der Waals surface area contributed by atoms with Crippen molar-refractivity contribution in [1.82, 2.24) is 9.80 Å². The van der Waals surface area contributed by atoms with Gasteiger partial charge in [0.1, 0.15) is 0 Å². The molecule has 5 nitrogen and oxygen atoms in total.